The maximum absolute atomic E-state index is 11.4. The Kier molecular flexibility index (Phi) is 6.27. The van der Waals surface area contributed by atoms with Crippen LogP contribution in [-0.2, 0) is 10.0 Å². The van der Waals surface area contributed by atoms with Crippen LogP contribution in [0.3, 0.4) is 0 Å². The van der Waals surface area contributed by atoms with Gasteiger partial charge in [-0.3, -0.25) is 15.5 Å². The molecule has 0 atom stereocenters. The fraction of sp³-hybridized carbons (Fsp3) is 0.438. The Balaban J connectivity index is 2.19. The number of hydrazone groups is 1. The maximum atomic E-state index is 11.4. The predicted molar refractivity (Wildman–Crippen MR) is 97.0 cm³/mol. The minimum Gasteiger partial charge on any atom is -0.271 e. The van der Waals surface area contributed by atoms with Crippen LogP contribution < -0.4 is 10.6 Å². The number of nitrogens with two attached hydrogens (primary N) is 1. The lowest BCUT2D eigenvalue weighted by molar-refractivity contribution is -0.384. The molecule has 0 radical (unpaired) electrons. The van der Waals surface area contributed by atoms with Gasteiger partial charge in [0.15, 0.2) is 0 Å². The minimum absolute atomic E-state index is 0.129. The highest BCUT2D eigenvalue weighted by molar-refractivity contribution is 7.89. The molecule has 9 heteroatoms. The maximum Gasteiger partial charge on any atom is 0.295 e. The number of hydrogen-bond donors (Lipinski definition) is 2. The van der Waals surface area contributed by atoms with Gasteiger partial charge in [-0.15, -0.1) is 0 Å². The number of primary sulfonamides is 1. The van der Waals surface area contributed by atoms with Crippen molar-refractivity contribution in [2.24, 2.45) is 10.2 Å². The lowest BCUT2D eigenvalue weighted by Gasteiger charge is -2.07. The third kappa shape index (κ3) is 5.10. The average molecular weight is 366 g/mol. The second kappa shape index (κ2) is 8.21. The van der Waals surface area contributed by atoms with Crippen molar-refractivity contribution in [1.82, 2.24) is 0 Å². The van der Waals surface area contributed by atoms with Crippen molar-refractivity contribution in [3.63, 3.8) is 0 Å². The van der Waals surface area contributed by atoms with Crippen molar-refractivity contribution in [2.75, 3.05) is 5.43 Å². The zero-order valence-corrected chi connectivity index (χ0v) is 14.9. The number of allylic oxidation sites excluding steroid dienone is 2. The van der Waals surface area contributed by atoms with Crippen LogP contribution in [0.1, 0.15) is 45.4 Å². The zero-order valence-electron chi connectivity index (χ0n) is 14.1. The van der Waals surface area contributed by atoms with Gasteiger partial charge < -0.3 is 0 Å². The molecule has 2 rings (SSSR count). The van der Waals surface area contributed by atoms with Crippen LogP contribution in [0.5, 0.6) is 0 Å². The summed E-state index contributed by atoms with van der Waals surface area (Å²) in [5, 5.41) is 20.5. The summed E-state index contributed by atoms with van der Waals surface area (Å²) in [5.41, 5.74) is 4.51. The first-order chi connectivity index (χ1) is 11.8. The van der Waals surface area contributed by atoms with Gasteiger partial charge in [0.05, 0.1) is 15.5 Å². The molecule has 1 aromatic rings. The smallest absolute Gasteiger partial charge is 0.271 e. The Morgan fingerprint density at radius 2 is 2.12 bits per heavy atom. The average Bonchev–Trinajstić information content (AvgIpc) is 2.99. The Morgan fingerprint density at radius 1 is 1.36 bits per heavy atom. The number of nitro groups is 1. The van der Waals surface area contributed by atoms with Crippen LogP contribution in [0.2, 0.25) is 0 Å². The van der Waals surface area contributed by atoms with Crippen LogP contribution in [0, 0.1) is 10.1 Å². The van der Waals surface area contributed by atoms with Crippen molar-refractivity contribution in [1.29, 1.82) is 0 Å². The highest BCUT2D eigenvalue weighted by Crippen LogP contribution is 2.28. The van der Waals surface area contributed by atoms with Crippen molar-refractivity contribution >= 4 is 27.1 Å². The van der Waals surface area contributed by atoms with E-state index in [0.717, 1.165) is 50.3 Å². The Labute approximate surface area is 147 Å². The first-order valence-electron chi connectivity index (χ1n) is 8.16. The van der Waals surface area contributed by atoms with E-state index in [1.54, 1.807) is 0 Å². The second-order valence-corrected chi connectivity index (χ2v) is 7.44. The van der Waals surface area contributed by atoms with E-state index in [2.05, 4.69) is 23.5 Å². The Hall–Kier alpha value is -2.26. The lowest BCUT2D eigenvalue weighted by atomic mass is 10.1. The standard InChI is InChI=1S/C16H22N4O4S/c1-2-3-4-6-12-7-5-8-14(12)18-19-15-10-9-13(25(17,23)24)11-16(15)20(21)22/h7,9-11,19H,2-6,8H2,1H3,(H2,17,23,24)/b18-14+. The molecule has 25 heavy (non-hydrogen) atoms. The summed E-state index contributed by atoms with van der Waals surface area (Å²) in [6, 6.07) is 3.46. The van der Waals surface area contributed by atoms with Crippen molar-refractivity contribution in [3.8, 4) is 0 Å². The Morgan fingerprint density at radius 3 is 2.76 bits per heavy atom. The summed E-state index contributed by atoms with van der Waals surface area (Å²) in [6.07, 6.45) is 8.17. The molecule has 0 fully saturated rings. The summed E-state index contributed by atoms with van der Waals surface area (Å²) in [4.78, 5) is 10.2. The predicted octanol–water partition coefficient (Wildman–Crippen LogP) is 3.31. The molecule has 0 spiro atoms. The van der Waals surface area contributed by atoms with Gasteiger partial charge in [-0.05, 0) is 43.4 Å². The molecule has 1 aromatic carbocycles. The van der Waals surface area contributed by atoms with E-state index in [-0.39, 0.29) is 16.3 Å². The molecule has 1 aliphatic rings. The fourth-order valence-corrected chi connectivity index (χ4v) is 3.20. The molecule has 0 bridgehead atoms. The van der Waals surface area contributed by atoms with E-state index in [1.165, 1.54) is 17.7 Å². The molecule has 1 aliphatic carbocycles. The van der Waals surface area contributed by atoms with E-state index in [9.17, 15) is 18.5 Å². The highest BCUT2D eigenvalue weighted by atomic mass is 32.2. The molecular formula is C16H22N4O4S. The molecule has 136 valence electrons. The lowest BCUT2D eigenvalue weighted by Crippen LogP contribution is -2.12. The number of sulfonamides is 1. The number of hydrogen-bond acceptors (Lipinski definition) is 6. The summed E-state index contributed by atoms with van der Waals surface area (Å²) in [5.74, 6) is 0. The topological polar surface area (TPSA) is 128 Å². The number of rotatable bonds is 8. The molecule has 0 amide bonds. The molecule has 8 nitrogen and oxygen atoms in total. The van der Waals surface area contributed by atoms with E-state index < -0.39 is 14.9 Å². The summed E-state index contributed by atoms with van der Waals surface area (Å²) >= 11 is 0. The van der Waals surface area contributed by atoms with Crippen LogP contribution in [-0.4, -0.2) is 19.1 Å². The van der Waals surface area contributed by atoms with Gasteiger partial charge in [-0.2, -0.15) is 5.10 Å². The van der Waals surface area contributed by atoms with Crippen LogP contribution in [0.25, 0.3) is 0 Å². The van der Waals surface area contributed by atoms with Gasteiger partial charge in [0.2, 0.25) is 10.0 Å². The molecule has 0 unspecified atom stereocenters. The fourth-order valence-electron chi connectivity index (χ4n) is 2.66. The van der Waals surface area contributed by atoms with E-state index in [4.69, 9.17) is 5.14 Å². The van der Waals surface area contributed by atoms with E-state index in [1.807, 2.05) is 0 Å². The van der Waals surface area contributed by atoms with E-state index >= 15 is 0 Å². The largest absolute Gasteiger partial charge is 0.295 e. The number of nitrogens with zero attached hydrogens (tertiary/aromatic N) is 2. The quantitative estimate of drug-likeness (QED) is 0.414. The molecule has 0 saturated heterocycles. The monoisotopic (exact) mass is 366 g/mol. The van der Waals surface area contributed by atoms with Gasteiger partial charge >= 0.3 is 0 Å². The van der Waals surface area contributed by atoms with Crippen LogP contribution in [0.4, 0.5) is 11.4 Å². The number of unbranched alkanes of at least 4 members (excludes halogenated alkanes) is 2. The van der Waals surface area contributed by atoms with Gasteiger partial charge in [-0.1, -0.05) is 25.8 Å². The molecule has 0 saturated carbocycles. The first-order valence-corrected chi connectivity index (χ1v) is 9.70. The van der Waals surface area contributed by atoms with Crippen LogP contribution >= 0.6 is 0 Å². The number of anilines is 1. The van der Waals surface area contributed by atoms with Crippen molar-refractivity contribution in [3.05, 3.63) is 40.0 Å². The molecule has 0 heterocycles. The zero-order chi connectivity index (χ0) is 18.4. The molecule has 0 aromatic heterocycles. The first kappa shape index (κ1) is 19.1. The van der Waals surface area contributed by atoms with Gasteiger partial charge in [0, 0.05) is 6.07 Å². The number of benzene rings is 1. The molecular weight excluding hydrogens is 344 g/mol. The summed E-state index contributed by atoms with van der Waals surface area (Å²) < 4.78 is 22.7. The summed E-state index contributed by atoms with van der Waals surface area (Å²) in [6.45, 7) is 2.14. The van der Waals surface area contributed by atoms with Crippen molar-refractivity contribution < 1.29 is 13.3 Å². The van der Waals surface area contributed by atoms with E-state index in [0.29, 0.717) is 0 Å². The SMILES string of the molecule is CCCCCC1=CCC/C1=N\Nc1ccc(S(N)(=O)=O)cc1[N+](=O)[O-]. The Bertz CT molecular complexity index is 815. The second-order valence-electron chi connectivity index (χ2n) is 5.88. The summed E-state index contributed by atoms with van der Waals surface area (Å²) in [7, 11) is -4.00. The minimum atomic E-state index is -4.00. The third-order valence-corrected chi connectivity index (χ3v) is 4.91. The van der Waals surface area contributed by atoms with Gasteiger partial charge in [-0.25, -0.2) is 13.6 Å². The number of nitro benzene ring substituents is 1. The molecule has 3 N–H and O–H groups in total. The van der Waals surface area contributed by atoms with Gasteiger partial charge in [0.1, 0.15) is 5.69 Å². The normalized spacial score (nSPS) is 16.1. The third-order valence-electron chi connectivity index (χ3n) is 4.00. The van der Waals surface area contributed by atoms with Crippen LogP contribution in [0.15, 0.2) is 39.8 Å². The van der Waals surface area contributed by atoms with Crippen molar-refractivity contribution in [2.45, 2.75) is 50.3 Å². The number of nitrogens with one attached hydrogen (secondary N) is 1. The van der Waals surface area contributed by atoms with Gasteiger partial charge in [0.25, 0.3) is 5.69 Å². The molecule has 0 aliphatic heterocycles. The highest BCUT2D eigenvalue weighted by Gasteiger charge is 2.19.